The quantitative estimate of drug-likeness (QED) is 0.729. The first-order chi connectivity index (χ1) is 10.6. The molecule has 1 heterocycles. The van der Waals surface area contributed by atoms with Crippen LogP contribution in [0.1, 0.15) is 10.4 Å². The van der Waals surface area contributed by atoms with Crippen LogP contribution in [0.5, 0.6) is 0 Å². The molecule has 1 aromatic heterocycles. The van der Waals surface area contributed by atoms with Gasteiger partial charge in [0.15, 0.2) is 5.82 Å². The molecule has 0 aliphatic rings. The van der Waals surface area contributed by atoms with E-state index in [0.29, 0.717) is 16.4 Å². The summed E-state index contributed by atoms with van der Waals surface area (Å²) in [5.41, 5.74) is 1.43. The standard InChI is InChI=1S/C16H11BrClN3O/c17-12-3-1-2-11(10-12)16(22)19-15-8-9-21(20-15)14-6-4-13(18)5-7-14/h1-10H,(H,19,20,22). The van der Waals surface area contributed by atoms with Gasteiger partial charge in [-0.1, -0.05) is 33.6 Å². The number of hydrogen-bond donors (Lipinski definition) is 1. The number of carbonyl (C=O) groups is 1. The lowest BCUT2D eigenvalue weighted by molar-refractivity contribution is 0.102. The highest BCUT2D eigenvalue weighted by molar-refractivity contribution is 9.10. The Hall–Kier alpha value is -2.11. The number of nitrogens with zero attached hydrogens (tertiary/aromatic N) is 2. The Bertz CT molecular complexity index is 814. The predicted octanol–water partition coefficient (Wildman–Crippen LogP) is 4.54. The van der Waals surface area contributed by atoms with Crippen molar-refractivity contribution in [3.05, 3.63) is 75.9 Å². The molecule has 4 nitrogen and oxygen atoms in total. The normalized spacial score (nSPS) is 10.5. The van der Waals surface area contributed by atoms with E-state index in [1.165, 1.54) is 0 Å². The summed E-state index contributed by atoms with van der Waals surface area (Å²) in [5, 5.41) is 7.76. The fourth-order valence-corrected chi connectivity index (χ4v) is 2.47. The molecule has 0 saturated carbocycles. The van der Waals surface area contributed by atoms with Crippen LogP contribution >= 0.6 is 27.5 Å². The molecule has 0 fully saturated rings. The van der Waals surface area contributed by atoms with Crippen molar-refractivity contribution >= 4 is 39.3 Å². The summed E-state index contributed by atoms with van der Waals surface area (Å²) in [4.78, 5) is 12.2. The van der Waals surface area contributed by atoms with Crippen molar-refractivity contribution in [3.8, 4) is 5.69 Å². The Labute approximate surface area is 140 Å². The van der Waals surface area contributed by atoms with Gasteiger partial charge in [0.1, 0.15) is 0 Å². The van der Waals surface area contributed by atoms with Crippen molar-refractivity contribution in [2.24, 2.45) is 0 Å². The number of amides is 1. The van der Waals surface area contributed by atoms with E-state index in [4.69, 9.17) is 11.6 Å². The number of halogens is 2. The van der Waals surface area contributed by atoms with Gasteiger partial charge in [-0.25, -0.2) is 4.68 Å². The van der Waals surface area contributed by atoms with Crippen LogP contribution in [0, 0.1) is 0 Å². The highest BCUT2D eigenvalue weighted by atomic mass is 79.9. The maximum atomic E-state index is 12.2. The van der Waals surface area contributed by atoms with Crippen LogP contribution < -0.4 is 5.32 Å². The Morgan fingerprint density at radius 2 is 1.91 bits per heavy atom. The van der Waals surface area contributed by atoms with E-state index in [0.717, 1.165) is 10.2 Å². The summed E-state index contributed by atoms with van der Waals surface area (Å²) in [6.07, 6.45) is 1.78. The molecule has 0 atom stereocenters. The zero-order chi connectivity index (χ0) is 15.5. The number of nitrogens with one attached hydrogen (secondary N) is 1. The van der Waals surface area contributed by atoms with Crippen LogP contribution in [0.25, 0.3) is 5.69 Å². The molecule has 0 saturated heterocycles. The molecule has 3 aromatic rings. The molecule has 22 heavy (non-hydrogen) atoms. The van der Waals surface area contributed by atoms with Gasteiger partial charge in [0.05, 0.1) is 5.69 Å². The van der Waals surface area contributed by atoms with Crippen molar-refractivity contribution in [1.82, 2.24) is 9.78 Å². The van der Waals surface area contributed by atoms with Crippen LogP contribution in [-0.2, 0) is 0 Å². The number of benzene rings is 2. The van der Waals surface area contributed by atoms with E-state index >= 15 is 0 Å². The molecule has 0 aliphatic carbocycles. The third-order valence-electron chi connectivity index (χ3n) is 3.01. The first-order valence-electron chi connectivity index (χ1n) is 6.50. The molecule has 110 valence electrons. The van der Waals surface area contributed by atoms with E-state index in [1.54, 1.807) is 41.2 Å². The van der Waals surface area contributed by atoms with Gasteiger partial charge in [-0.2, -0.15) is 5.10 Å². The van der Waals surface area contributed by atoms with E-state index in [2.05, 4.69) is 26.3 Å². The molecule has 1 amide bonds. The molecular weight excluding hydrogens is 366 g/mol. The summed E-state index contributed by atoms with van der Waals surface area (Å²) >= 11 is 9.21. The number of anilines is 1. The molecule has 0 radical (unpaired) electrons. The Morgan fingerprint density at radius 3 is 2.64 bits per heavy atom. The molecule has 0 bridgehead atoms. The predicted molar refractivity (Wildman–Crippen MR) is 90.7 cm³/mol. The largest absolute Gasteiger partial charge is 0.305 e. The minimum Gasteiger partial charge on any atom is -0.305 e. The van der Waals surface area contributed by atoms with Gasteiger partial charge >= 0.3 is 0 Å². The monoisotopic (exact) mass is 375 g/mol. The summed E-state index contributed by atoms with van der Waals surface area (Å²) < 4.78 is 2.53. The number of aromatic nitrogens is 2. The summed E-state index contributed by atoms with van der Waals surface area (Å²) in [6.45, 7) is 0. The number of hydrogen-bond acceptors (Lipinski definition) is 2. The van der Waals surface area contributed by atoms with Crippen molar-refractivity contribution in [1.29, 1.82) is 0 Å². The van der Waals surface area contributed by atoms with Crippen LogP contribution in [-0.4, -0.2) is 15.7 Å². The van der Waals surface area contributed by atoms with Crippen LogP contribution in [0.2, 0.25) is 5.02 Å². The molecule has 0 unspecified atom stereocenters. The van der Waals surface area contributed by atoms with E-state index < -0.39 is 0 Å². The van der Waals surface area contributed by atoms with Crippen molar-refractivity contribution in [2.75, 3.05) is 5.32 Å². The molecule has 6 heteroatoms. The first-order valence-corrected chi connectivity index (χ1v) is 7.67. The smallest absolute Gasteiger partial charge is 0.256 e. The topological polar surface area (TPSA) is 46.9 Å². The lowest BCUT2D eigenvalue weighted by Crippen LogP contribution is -2.12. The minimum atomic E-state index is -0.206. The number of carbonyl (C=O) groups excluding carboxylic acids is 1. The fourth-order valence-electron chi connectivity index (χ4n) is 1.95. The molecule has 1 N–H and O–H groups in total. The molecule has 0 spiro atoms. The Kier molecular flexibility index (Phi) is 4.27. The summed E-state index contributed by atoms with van der Waals surface area (Å²) in [6, 6.07) is 16.2. The molecule has 0 aliphatic heterocycles. The van der Waals surface area contributed by atoms with Gasteiger partial charge in [-0.05, 0) is 42.5 Å². The van der Waals surface area contributed by atoms with Crippen molar-refractivity contribution in [3.63, 3.8) is 0 Å². The zero-order valence-corrected chi connectivity index (χ0v) is 13.7. The Balaban J connectivity index is 1.77. The SMILES string of the molecule is O=C(Nc1ccn(-c2ccc(Cl)cc2)n1)c1cccc(Br)c1. The fraction of sp³-hybridized carbons (Fsp3) is 0. The second-order valence-corrected chi connectivity index (χ2v) is 5.94. The third kappa shape index (κ3) is 3.37. The second-order valence-electron chi connectivity index (χ2n) is 4.59. The minimum absolute atomic E-state index is 0.206. The van der Waals surface area contributed by atoms with Gasteiger partial charge in [-0.15, -0.1) is 0 Å². The van der Waals surface area contributed by atoms with E-state index in [-0.39, 0.29) is 5.91 Å². The highest BCUT2D eigenvalue weighted by Gasteiger charge is 2.08. The Morgan fingerprint density at radius 1 is 1.14 bits per heavy atom. The maximum Gasteiger partial charge on any atom is 0.256 e. The molecule has 2 aromatic carbocycles. The van der Waals surface area contributed by atoms with Crippen LogP contribution in [0.3, 0.4) is 0 Å². The second kappa shape index (κ2) is 6.34. The maximum absolute atomic E-state index is 12.2. The van der Waals surface area contributed by atoms with Gasteiger partial charge < -0.3 is 5.32 Å². The van der Waals surface area contributed by atoms with Gasteiger partial charge in [0, 0.05) is 27.3 Å². The van der Waals surface area contributed by atoms with E-state index in [9.17, 15) is 4.79 Å². The average Bonchev–Trinajstić information content (AvgIpc) is 2.96. The average molecular weight is 377 g/mol. The van der Waals surface area contributed by atoms with Gasteiger partial charge in [-0.3, -0.25) is 4.79 Å². The van der Waals surface area contributed by atoms with E-state index in [1.807, 2.05) is 24.3 Å². The highest BCUT2D eigenvalue weighted by Crippen LogP contribution is 2.16. The molecular formula is C16H11BrClN3O. The van der Waals surface area contributed by atoms with Gasteiger partial charge in [0.25, 0.3) is 5.91 Å². The first kappa shape index (κ1) is 14.8. The zero-order valence-electron chi connectivity index (χ0n) is 11.3. The summed E-state index contributed by atoms with van der Waals surface area (Å²) in [5.74, 6) is 0.280. The van der Waals surface area contributed by atoms with Crippen LogP contribution in [0.4, 0.5) is 5.82 Å². The van der Waals surface area contributed by atoms with Crippen molar-refractivity contribution in [2.45, 2.75) is 0 Å². The van der Waals surface area contributed by atoms with Gasteiger partial charge in [0.2, 0.25) is 0 Å². The lowest BCUT2D eigenvalue weighted by atomic mass is 10.2. The lowest BCUT2D eigenvalue weighted by Gasteiger charge is -2.03. The number of rotatable bonds is 3. The van der Waals surface area contributed by atoms with Crippen LogP contribution in [0.15, 0.2) is 65.3 Å². The van der Waals surface area contributed by atoms with Crippen molar-refractivity contribution < 1.29 is 4.79 Å². The summed E-state index contributed by atoms with van der Waals surface area (Å²) in [7, 11) is 0. The third-order valence-corrected chi connectivity index (χ3v) is 3.75. The molecule has 3 rings (SSSR count).